The van der Waals surface area contributed by atoms with Crippen molar-refractivity contribution in [1.29, 1.82) is 0 Å². The zero-order valence-electron chi connectivity index (χ0n) is 17.7. The summed E-state index contributed by atoms with van der Waals surface area (Å²) in [5, 5.41) is 12.1. The minimum atomic E-state index is -0.778. The average molecular weight is 414 g/mol. The van der Waals surface area contributed by atoms with Gasteiger partial charge in [-0.1, -0.05) is 73.7 Å². The maximum Gasteiger partial charge on any atom is 0.306 e. The molecule has 4 heteroatoms. The monoisotopic (exact) mass is 413 g/mol. The molecule has 0 saturated heterocycles. The van der Waals surface area contributed by atoms with Crippen LogP contribution in [0.15, 0.2) is 66.7 Å². The number of hydrogen-bond acceptors (Lipinski definition) is 2. The SMILES string of the molecule is CC(Cc1ccc(CCNC(=O)Cc2cccc3c2Cc2ccccc2-3)cc1)C(=O)O. The number of carboxylic acids is 1. The number of carboxylic acid groups (broad SMARTS) is 1. The Balaban J connectivity index is 1.30. The molecule has 3 aromatic carbocycles. The summed E-state index contributed by atoms with van der Waals surface area (Å²) >= 11 is 0. The second-order valence-electron chi connectivity index (χ2n) is 8.31. The Kier molecular flexibility index (Phi) is 6.17. The molecule has 1 aliphatic carbocycles. The van der Waals surface area contributed by atoms with Gasteiger partial charge in [0.2, 0.25) is 5.91 Å². The van der Waals surface area contributed by atoms with Crippen molar-refractivity contribution in [3.05, 3.63) is 94.5 Å². The molecule has 1 unspecified atom stereocenters. The normalized spacial score (nSPS) is 12.7. The zero-order valence-corrected chi connectivity index (χ0v) is 17.7. The molecule has 0 saturated carbocycles. The summed E-state index contributed by atoms with van der Waals surface area (Å²) in [7, 11) is 0. The molecule has 3 aromatic rings. The molecule has 158 valence electrons. The lowest BCUT2D eigenvalue weighted by Crippen LogP contribution is -2.27. The van der Waals surface area contributed by atoms with Crippen molar-refractivity contribution in [2.75, 3.05) is 6.54 Å². The smallest absolute Gasteiger partial charge is 0.306 e. The lowest BCUT2D eigenvalue weighted by molar-refractivity contribution is -0.141. The van der Waals surface area contributed by atoms with Crippen molar-refractivity contribution >= 4 is 11.9 Å². The van der Waals surface area contributed by atoms with Gasteiger partial charge in [0, 0.05) is 6.54 Å². The summed E-state index contributed by atoms with van der Waals surface area (Å²) in [6.07, 6.45) is 2.56. The first-order valence-electron chi connectivity index (χ1n) is 10.8. The van der Waals surface area contributed by atoms with Gasteiger partial charge in [-0.25, -0.2) is 0 Å². The van der Waals surface area contributed by atoms with Gasteiger partial charge in [0.1, 0.15) is 0 Å². The number of aliphatic carboxylic acids is 1. The van der Waals surface area contributed by atoms with Gasteiger partial charge in [-0.15, -0.1) is 0 Å². The second-order valence-corrected chi connectivity index (χ2v) is 8.31. The number of carbonyl (C=O) groups excluding carboxylic acids is 1. The predicted octanol–water partition coefficient (Wildman–Crippen LogP) is 4.42. The molecular weight excluding hydrogens is 386 g/mol. The highest BCUT2D eigenvalue weighted by Gasteiger charge is 2.21. The van der Waals surface area contributed by atoms with E-state index in [0.717, 1.165) is 29.5 Å². The fraction of sp³-hybridized carbons (Fsp3) is 0.259. The highest BCUT2D eigenvalue weighted by atomic mass is 16.4. The number of carbonyl (C=O) groups is 2. The van der Waals surface area contributed by atoms with Crippen LogP contribution < -0.4 is 5.32 Å². The van der Waals surface area contributed by atoms with E-state index < -0.39 is 11.9 Å². The Morgan fingerprint density at radius 2 is 1.65 bits per heavy atom. The van der Waals surface area contributed by atoms with Crippen molar-refractivity contribution in [2.24, 2.45) is 5.92 Å². The topological polar surface area (TPSA) is 66.4 Å². The Hall–Kier alpha value is -3.40. The van der Waals surface area contributed by atoms with Crippen LogP contribution in [-0.4, -0.2) is 23.5 Å². The maximum absolute atomic E-state index is 12.5. The van der Waals surface area contributed by atoms with Crippen LogP contribution in [0, 0.1) is 5.92 Å². The third-order valence-corrected chi connectivity index (χ3v) is 6.02. The van der Waals surface area contributed by atoms with Crippen molar-refractivity contribution < 1.29 is 14.7 Å². The van der Waals surface area contributed by atoms with E-state index in [9.17, 15) is 9.59 Å². The molecule has 1 amide bonds. The molecule has 1 aliphatic rings. The molecule has 0 aromatic heterocycles. The Morgan fingerprint density at radius 3 is 2.42 bits per heavy atom. The van der Waals surface area contributed by atoms with Crippen LogP contribution >= 0.6 is 0 Å². The molecule has 0 heterocycles. The van der Waals surface area contributed by atoms with Gasteiger partial charge in [0.15, 0.2) is 0 Å². The number of nitrogens with one attached hydrogen (secondary N) is 1. The first-order valence-corrected chi connectivity index (χ1v) is 10.8. The van der Waals surface area contributed by atoms with Crippen LogP contribution in [0.3, 0.4) is 0 Å². The number of rotatable bonds is 8. The van der Waals surface area contributed by atoms with Gasteiger partial charge in [-0.2, -0.15) is 0 Å². The van der Waals surface area contributed by atoms with E-state index in [1.807, 2.05) is 30.3 Å². The maximum atomic E-state index is 12.5. The van der Waals surface area contributed by atoms with Crippen molar-refractivity contribution in [3.8, 4) is 11.1 Å². The molecule has 0 bridgehead atoms. The van der Waals surface area contributed by atoms with Gasteiger partial charge >= 0.3 is 5.97 Å². The van der Waals surface area contributed by atoms with E-state index in [-0.39, 0.29) is 5.91 Å². The van der Waals surface area contributed by atoms with Gasteiger partial charge in [-0.05, 0) is 58.2 Å². The van der Waals surface area contributed by atoms with Crippen LogP contribution in [-0.2, 0) is 35.3 Å². The largest absolute Gasteiger partial charge is 0.481 e. The van der Waals surface area contributed by atoms with Crippen LogP contribution in [0.5, 0.6) is 0 Å². The summed E-state index contributed by atoms with van der Waals surface area (Å²) in [6, 6.07) is 22.6. The van der Waals surface area contributed by atoms with Crippen LogP contribution in [0.4, 0.5) is 0 Å². The summed E-state index contributed by atoms with van der Waals surface area (Å²) in [5.74, 6) is -1.13. The molecule has 1 atom stereocenters. The standard InChI is InChI=1S/C27H27NO3/c1-18(27(30)31)15-20-11-9-19(10-12-20)13-14-28-26(29)17-22-6-4-8-24-23-7-3-2-5-21(23)16-25(22)24/h2-12,18H,13-17H2,1H3,(H,28,29)(H,30,31). The number of hydrogen-bond donors (Lipinski definition) is 2. The van der Waals surface area contributed by atoms with Gasteiger partial charge in [0.05, 0.1) is 12.3 Å². The first-order chi connectivity index (χ1) is 15.0. The molecular formula is C27H27NO3. The molecule has 31 heavy (non-hydrogen) atoms. The minimum absolute atomic E-state index is 0.0382. The second kappa shape index (κ2) is 9.17. The van der Waals surface area contributed by atoms with E-state index in [4.69, 9.17) is 5.11 Å². The summed E-state index contributed by atoms with van der Waals surface area (Å²) in [5.41, 5.74) is 8.36. The Labute approximate surface area is 182 Å². The third-order valence-electron chi connectivity index (χ3n) is 6.02. The molecule has 2 N–H and O–H groups in total. The molecule has 4 rings (SSSR count). The first kappa shape index (κ1) is 20.9. The highest BCUT2D eigenvalue weighted by molar-refractivity contribution is 5.83. The van der Waals surface area contributed by atoms with E-state index in [1.54, 1.807) is 6.92 Å². The summed E-state index contributed by atoms with van der Waals surface area (Å²) in [4.78, 5) is 23.5. The highest BCUT2D eigenvalue weighted by Crippen LogP contribution is 2.38. The number of fused-ring (bicyclic) bond motifs is 3. The average Bonchev–Trinajstić information content (AvgIpc) is 3.15. The van der Waals surface area contributed by atoms with Gasteiger partial charge < -0.3 is 10.4 Å². The summed E-state index contributed by atoms with van der Waals surface area (Å²) in [6.45, 7) is 2.30. The Morgan fingerprint density at radius 1 is 0.935 bits per heavy atom. The molecule has 0 radical (unpaired) electrons. The lowest BCUT2D eigenvalue weighted by Gasteiger charge is -2.10. The Bertz CT molecular complexity index is 1100. The predicted molar refractivity (Wildman–Crippen MR) is 122 cm³/mol. The number of benzene rings is 3. The summed E-state index contributed by atoms with van der Waals surface area (Å²) < 4.78 is 0. The quantitative estimate of drug-likeness (QED) is 0.449. The van der Waals surface area contributed by atoms with Crippen molar-refractivity contribution in [1.82, 2.24) is 5.32 Å². The molecule has 0 aliphatic heterocycles. The van der Waals surface area contributed by atoms with Gasteiger partial charge in [-0.3, -0.25) is 9.59 Å². The van der Waals surface area contributed by atoms with E-state index in [0.29, 0.717) is 19.4 Å². The van der Waals surface area contributed by atoms with Crippen molar-refractivity contribution in [2.45, 2.75) is 32.6 Å². The van der Waals surface area contributed by atoms with Crippen LogP contribution in [0.2, 0.25) is 0 Å². The van der Waals surface area contributed by atoms with Gasteiger partial charge in [0.25, 0.3) is 0 Å². The van der Waals surface area contributed by atoms with E-state index in [2.05, 4.69) is 41.7 Å². The van der Waals surface area contributed by atoms with Crippen molar-refractivity contribution in [3.63, 3.8) is 0 Å². The number of amides is 1. The third kappa shape index (κ3) is 4.85. The zero-order chi connectivity index (χ0) is 21.8. The van der Waals surface area contributed by atoms with Crippen LogP contribution in [0.25, 0.3) is 11.1 Å². The van der Waals surface area contributed by atoms with E-state index in [1.165, 1.54) is 22.3 Å². The van der Waals surface area contributed by atoms with E-state index >= 15 is 0 Å². The minimum Gasteiger partial charge on any atom is -0.481 e. The molecule has 0 spiro atoms. The lowest BCUT2D eigenvalue weighted by atomic mass is 9.99. The fourth-order valence-electron chi connectivity index (χ4n) is 4.25. The van der Waals surface area contributed by atoms with Crippen LogP contribution in [0.1, 0.15) is 34.7 Å². The molecule has 0 fully saturated rings. The fourth-order valence-corrected chi connectivity index (χ4v) is 4.25. The molecule has 4 nitrogen and oxygen atoms in total.